The van der Waals surface area contributed by atoms with E-state index in [1.807, 2.05) is 0 Å². The van der Waals surface area contributed by atoms with Crippen LogP contribution in [0.15, 0.2) is 152 Å². The van der Waals surface area contributed by atoms with Crippen molar-refractivity contribution < 1.29 is 4.74 Å². The quantitative estimate of drug-likeness (QED) is 0.187. The number of ether oxygens (including phenoxy) is 1. The molecule has 0 fully saturated rings. The maximum atomic E-state index is 6.58. The summed E-state index contributed by atoms with van der Waals surface area (Å²) in [7, 11) is 0. The summed E-state index contributed by atoms with van der Waals surface area (Å²) in [6, 6.07) is 53.4. The number of rotatable bonds is 2. The second kappa shape index (κ2) is 9.18. The van der Waals surface area contributed by atoms with Gasteiger partial charge in [-0.2, -0.15) is 0 Å². The predicted octanol–water partition coefficient (Wildman–Crippen LogP) is 11.4. The third-order valence-corrected chi connectivity index (χ3v) is 11.2. The van der Waals surface area contributed by atoms with Gasteiger partial charge in [-0.25, -0.2) is 0 Å². The van der Waals surface area contributed by atoms with Gasteiger partial charge >= 0.3 is 0 Å². The van der Waals surface area contributed by atoms with Gasteiger partial charge in [0.25, 0.3) is 0 Å². The number of hydrogen-bond acceptors (Lipinski definition) is 1. The molecule has 0 saturated heterocycles. The molecule has 0 bridgehead atoms. The normalized spacial score (nSPS) is 16.7. The summed E-state index contributed by atoms with van der Waals surface area (Å²) in [4.78, 5) is 0. The molecule has 3 heterocycles. The van der Waals surface area contributed by atoms with Crippen LogP contribution in [0.2, 0.25) is 0 Å². The van der Waals surface area contributed by atoms with Crippen LogP contribution in [0.1, 0.15) is 22.7 Å². The molecule has 0 saturated carbocycles. The fraction of sp³-hybridized carbons (Fsp3) is 0.0435. The summed E-state index contributed by atoms with van der Waals surface area (Å²) in [5.74, 6) is 1.10. The number of para-hydroxylation sites is 3. The first-order valence-electron chi connectivity index (χ1n) is 17.1. The van der Waals surface area contributed by atoms with Gasteiger partial charge in [-0.05, 0) is 93.2 Å². The van der Waals surface area contributed by atoms with Gasteiger partial charge in [0.1, 0.15) is 11.9 Å². The average Bonchev–Trinajstić information content (AvgIpc) is 3.89. The number of aromatic nitrogens is 2. The fourth-order valence-corrected chi connectivity index (χ4v) is 9.30. The van der Waals surface area contributed by atoms with Crippen LogP contribution in [0.25, 0.3) is 83.2 Å². The molecule has 3 nitrogen and oxygen atoms in total. The highest BCUT2D eigenvalue weighted by Gasteiger charge is 2.40. The Morgan fingerprint density at radius 1 is 0.510 bits per heavy atom. The SMILES string of the molecule is C1=CC2Oc3ccccc3C2c2c1n(-c1ccc3c(c1)-c1cccc4cccc-3c14)c1c2ccc2c1c1ccccc1n2-c1ccccc1. The molecule has 1 aliphatic heterocycles. The van der Waals surface area contributed by atoms with E-state index < -0.39 is 0 Å². The smallest absolute Gasteiger partial charge is 0.128 e. The Bertz CT molecular complexity index is 2920. The minimum Gasteiger partial charge on any atom is -0.485 e. The average molecular weight is 625 g/mol. The molecule has 0 N–H and O–H groups in total. The van der Waals surface area contributed by atoms with Gasteiger partial charge < -0.3 is 13.9 Å². The highest BCUT2D eigenvalue weighted by molar-refractivity contribution is 6.22. The Labute approximate surface area is 282 Å². The van der Waals surface area contributed by atoms with Crippen molar-refractivity contribution in [2.24, 2.45) is 0 Å². The van der Waals surface area contributed by atoms with Gasteiger partial charge in [0.05, 0.1) is 28.2 Å². The van der Waals surface area contributed by atoms with Gasteiger partial charge in [-0.15, -0.1) is 0 Å². The van der Waals surface area contributed by atoms with Crippen molar-refractivity contribution in [3.63, 3.8) is 0 Å². The highest BCUT2D eigenvalue weighted by Crippen LogP contribution is 2.53. The topological polar surface area (TPSA) is 19.1 Å². The Kier molecular flexibility index (Phi) is 4.82. The van der Waals surface area contributed by atoms with E-state index in [1.54, 1.807) is 0 Å². The van der Waals surface area contributed by atoms with Crippen LogP contribution in [0, 0.1) is 0 Å². The zero-order valence-corrected chi connectivity index (χ0v) is 26.5. The molecule has 7 aromatic carbocycles. The molecule has 2 atom stereocenters. The van der Waals surface area contributed by atoms with Crippen LogP contribution in [0.3, 0.4) is 0 Å². The molecular weight excluding hydrogens is 597 g/mol. The Morgan fingerprint density at radius 2 is 1.31 bits per heavy atom. The van der Waals surface area contributed by atoms with Crippen LogP contribution in [0.4, 0.5) is 0 Å². The summed E-state index contributed by atoms with van der Waals surface area (Å²) >= 11 is 0. The number of nitrogens with zero attached hydrogens (tertiary/aromatic N) is 2. The van der Waals surface area contributed by atoms with E-state index in [0.29, 0.717) is 0 Å². The molecule has 0 amide bonds. The molecule has 9 aromatic rings. The van der Waals surface area contributed by atoms with Crippen molar-refractivity contribution in [1.82, 2.24) is 9.13 Å². The number of hydrogen-bond donors (Lipinski definition) is 0. The maximum absolute atomic E-state index is 6.58. The van der Waals surface area contributed by atoms with Crippen molar-refractivity contribution in [2.75, 3.05) is 0 Å². The Morgan fingerprint density at radius 3 is 2.20 bits per heavy atom. The molecule has 12 rings (SSSR count). The minimum atomic E-state index is -0.0302. The van der Waals surface area contributed by atoms with Gasteiger partial charge in [-0.1, -0.05) is 103 Å². The van der Waals surface area contributed by atoms with Crippen LogP contribution >= 0.6 is 0 Å². The first-order chi connectivity index (χ1) is 24.3. The Balaban J connectivity index is 1.23. The molecule has 2 aromatic heterocycles. The largest absolute Gasteiger partial charge is 0.485 e. The summed E-state index contributed by atoms with van der Waals surface area (Å²) in [5, 5.41) is 6.46. The molecule has 49 heavy (non-hydrogen) atoms. The first kappa shape index (κ1) is 25.7. The molecule has 0 spiro atoms. The van der Waals surface area contributed by atoms with Crippen molar-refractivity contribution in [3.05, 3.63) is 168 Å². The van der Waals surface area contributed by atoms with Crippen molar-refractivity contribution in [2.45, 2.75) is 12.0 Å². The van der Waals surface area contributed by atoms with Crippen molar-refractivity contribution in [1.29, 1.82) is 0 Å². The summed E-state index contributed by atoms with van der Waals surface area (Å²) in [6.07, 6.45) is 4.56. The lowest BCUT2D eigenvalue weighted by atomic mass is 9.83. The second-order valence-corrected chi connectivity index (χ2v) is 13.6. The third kappa shape index (κ3) is 3.22. The van der Waals surface area contributed by atoms with Gasteiger partial charge in [0, 0.05) is 33.1 Å². The predicted molar refractivity (Wildman–Crippen MR) is 201 cm³/mol. The number of benzene rings is 7. The van der Waals surface area contributed by atoms with Crippen molar-refractivity contribution in [3.8, 4) is 39.4 Å². The summed E-state index contributed by atoms with van der Waals surface area (Å²) in [5.41, 5.74) is 15.1. The van der Waals surface area contributed by atoms with Crippen molar-refractivity contribution >= 4 is 49.6 Å². The molecule has 2 unspecified atom stereocenters. The molecule has 228 valence electrons. The molecule has 3 heteroatoms. The minimum absolute atomic E-state index is 0.0302. The van der Waals surface area contributed by atoms with Crippen LogP contribution in [-0.4, -0.2) is 15.2 Å². The van der Waals surface area contributed by atoms with Gasteiger partial charge in [0.15, 0.2) is 0 Å². The Hall–Kier alpha value is -6.32. The lowest BCUT2D eigenvalue weighted by molar-refractivity contribution is 0.267. The third-order valence-electron chi connectivity index (χ3n) is 11.2. The molecule has 3 aliphatic rings. The van der Waals surface area contributed by atoms with Crippen LogP contribution < -0.4 is 4.74 Å². The zero-order valence-electron chi connectivity index (χ0n) is 26.5. The van der Waals surface area contributed by atoms with E-state index in [9.17, 15) is 0 Å². The van der Waals surface area contributed by atoms with E-state index in [0.717, 1.165) is 11.4 Å². The summed E-state index contributed by atoms with van der Waals surface area (Å²) < 4.78 is 11.6. The van der Waals surface area contributed by atoms with E-state index in [-0.39, 0.29) is 12.0 Å². The standard InChI is InChI=1S/C46H28N2O/c1-2-12-28(13-3-1)47-37-18-6-4-14-33(37)44-39(47)23-22-35-43-38(24-25-41-45(43)34-15-5-7-19-40(34)49-41)48(46(35)44)29-20-21-30-31-16-8-10-27-11-9-17-32(42(27)31)36(30)26-29/h1-26,41,45H. The van der Waals surface area contributed by atoms with Gasteiger partial charge in [0.2, 0.25) is 0 Å². The molecule has 2 aliphatic carbocycles. The van der Waals surface area contributed by atoms with E-state index in [2.05, 4.69) is 167 Å². The van der Waals surface area contributed by atoms with E-state index in [4.69, 9.17) is 4.74 Å². The fourth-order valence-electron chi connectivity index (χ4n) is 9.30. The second-order valence-electron chi connectivity index (χ2n) is 13.6. The first-order valence-corrected chi connectivity index (χ1v) is 17.1. The maximum Gasteiger partial charge on any atom is 0.128 e. The number of fused-ring (bicyclic) bond motifs is 14. The monoisotopic (exact) mass is 624 g/mol. The van der Waals surface area contributed by atoms with Gasteiger partial charge in [-0.3, -0.25) is 0 Å². The summed E-state index contributed by atoms with van der Waals surface area (Å²) in [6.45, 7) is 0. The molecule has 0 radical (unpaired) electrons. The van der Waals surface area contributed by atoms with Crippen LogP contribution in [-0.2, 0) is 0 Å². The van der Waals surface area contributed by atoms with Crippen LogP contribution in [0.5, 0.6) is 5.75 Å². The highest BCUT2D eigenvalue weighted by atomic mass is 16.5. The van der Waals surface area contributed by atoms with E-state index >= 15 is 0 Å². The zero-order chi connectivity index (χ0) is 31.8. The lowest BCUT2D eigenvalue weighted by Crippen LogP contribution is -2.20. The van der Waals surface area contributed by atoms with E-state index in [1.165, 1.54) is 88.2 Å². The molecular formula is C46H28N2O. The lowest BCUT2D eigenvalue weighted by Gasteiger charge is -2.22.